The van der Waals surface area contributed by atoms with E-state index in [0.29, 0.717) is 31.0 Å². The van der Waals surface area contributed by atoms with Crippen LogP contribution >= 0.6 is 0 Å². The van der Waals surface area contributed by atoms with Gasteiger partial charge in [0.05, 0.1) is 37.6 Å². The first-order valence-corrected chi connectivity index (χ1v) is 11.1. The van der Waals surface area contributed by atoms with E-state index in [4.69, 9.17) is 9.15 Å². The minimum atomic E-state index is -0.540. The van der Waals surface area contributed by atoms with Crippen molar-refractivity contribution in [3.63, 3.8) is 0 Å². The molecule has 0 bridgehead atoms. The van der Waals surface area contributed by atoms with Crippen molar-refractivity contribution < 1.29 is 23.1 Å². The van der Waals surface area contributed by atoms with Crippen molar-refractivity contribution in [3.8, 4) is 0 Å². The number of furan rings is 1. The summed E-state index contributed by atoms with van der Waals surface area (Å²) in [4.78, 5) is 29.0. The number of rotatable bonds is 8. The largest absolute Gasteiger partial charge is 0.463 e. The molecule has 2 aliphatic rings. The molecule has 0 spiro atoms. The first-order chi connectivity index (χ1) is 15.9. The smallest absolute Gasteiger partial charge is 0.414 e. The van der Waals surface area contributed by atoms with Gasteiger partial charge in [0.15, 0.2) is 0 Å². The Morgan fingerprint density at radius 3 is 2.61 bits per heavy atom. The molecule has 2 fully saturated rings. The molecule has 0 aliphatic carbocycles. The summed E-state index contributed by atoms with van der Waals surface area (Å²) in [7, 11) is 1.88. The molecule has 2 amide bonds. The number of anilines is 2. The van der Waals surface area contributed by atoms with Gasteiger partial charge < -0.3 is 24.7 Å². The lowest BCUT2D eigenvalue weighted by molar-refractivity contribution is -0.119. The molecular weight excluding hydrogens is 429 g/mol. The van der Waals surface area contributed by atoms with Gasteiger partial charge in [0.2, 0.25) is 5.91 Å². The number of benzene rings is 1. The summed E-state index contributed by atoms with van der Waals surface area (Å²) in [5.74, 6) is 1.28. The molecule has 10 heteroatoms. The van der Waals surface area contributed by atoms with E-state index in [9.17, 15) is 14.0 Å². The summed E-state index contributed by atoms with van der Waals surface area (Å²) in [6.45, 7) is 6.33. The quantitative estimate of drug-likeness (QED) is 0.623. The molecule has 178 valence electrons. The highest BCUT2D eigenvalue weighted by atomic mass is 19.1. The van der Waals surface area contributed by atoms with Gasteiger partial charge in [-0.2, -0.15) is 0 Å². The number of hydrogen-bond acceptors (Lipinski definition) is 7. The summed E-state index contributed by atoms with van der Waals surface area (Å²) in [6, 6.07) is 8.80. The van der Waals surface area contributed by atoms with Crippen LogP contribution in [0.15, 0.2) is 34.7 Å². The molecule has 0 saturated carbocycles. The lowest BCUT2D eigenvalue weighted by Crippen LogP contribution is -2.46. The third-order valence-electron chi connectivity index (χ3n) is 5.86. The van der Waals surface area contributed by atoms with E-state index in [0.717, 1.165) is 31.2 Å². The topological polar surface area (TPSA) is 90.3 Å². The SMILES string of the molecule is CNCc1ccc(CN2CCN(c3ccc(N4C[C@H](CNC(C)=O)OC4=O)cc3F)CC2)o1. The molecule has 4 rings (SSSR count). The fourth-order valence-corrected chi connectivity index (χ4v) is 4.16. The molecule has 9 nitrogen and oxygen atoms in total. The Morgan fingerprint density at radius 1 is 1.15 bits per heavy atom. The van der Waals surface area contributed by atoms with Crippen molar-refractivity contribution in [2.45, 2.75) is 26.1 Å². The fraction of sp³-hybridized carbons (Fsp3) is 0.478. The predicted molar refractivity (Wildman–Crippen MR) is 122 cm³/mol. The minimum Gasteiger partial charge on any atom is -0.463 e. The van der Waals surface area contributed by atoms with Crippen molar-refractivity contribution in [2.75, 3.05) is 56.1 Å². The minimum absolute atomic E-state index is 0.192. The lowest BCUT2D eigenvalue weighted by Gasteiger charge is -2.36. The zero-order valence-corrected chi connectivity index (χ0v) is 19.0. The van der Waals surface area contributed by atoms with Gasteiger partial charge in [-0.3, -0.25) is 14.6 Å². The molecular formula is C23H30FN5O4. The van der Waals surface area contributed by atoms with Crippen molar-refractivity contribution in [2.24, 2.45) is 0 Å². The zero-order valence-electron chi connectivity index (χ0n) is 19.0. The van der Waals surface area contributed by atoms with Crippen LogP contribution < -0.4 is 20.4 Å². The third kappa shape index (κ3) is 5.63. The van der Waals surface area contributed by atoms with Gasteiger partial charge in [0, 0.05) is 33.1 Å². The highest BCUT2D eigenvalue weighted by Crippen LogP contribution is 2.28. The molecule has 2 aliphatic heterocycles. The van der Waals surface area contributed by atoms with Gasteiger partial charge in [0.25, 0.3) is 0 Å². The van der Waals surface area contributed by atoms with E-state index in [1.165, 1.54) is 17.9 Å². The predicted octanol–water partition coefficient (Wildman–Crippen LogP) is 1.92. The fourth-order valence-electron chi connectivity index (χ4n) is 4.16. The summed E-state index contributed by atoms with van der Waals surface area (Å²) in [5, 5.41) is 5.71. The Balaban J connectivity index is 1.32. The molecule has 2 saturated heterocycles. The van der Waals surface area contributed by atoms with Crippen LogP contribution in [-0.2, 0) is 22.6 Å². The van der Waals surface area contributed by atoms with Crippen LogP contribution in [0.25, 0.3) is 0 Å². The third-order valence-corrected chi connectivity index (χ3v) is 5.86. The van der Waals surface area contributed by atoms with Crippen molar-refractivity contribution in [1.29, 1.82) is 0 Å². The Morgan fingerprint density at radius 2 is 1.91 bits per heavy atom. The Kier molecular flexibility index (Phi) is 7.14. The van der Waals surface area contributed by atoms with Gasteiger partial charge in [-0.05, 0) is 37.4 Å². The Hall–Kier alpha value is -3.11. The standard InChI is InChI=1S/C23H30FN5O4/c1-16(30)26-13-20-15-29(23(31)33-20)17-3-6-22(21(24)11-17)28-9-7-27(8-10-28)14-19-5-4-18(32-19)12-25-2/h3-6,11,20,25H,7-10,12-15H2,1-2H3,(H,26,30)/t20-/m0/s1. The van der Waals surface area contributed by atoms with Crippen LogP contribution in [0.4, 0.5) is 20.6 Å². The average Bonchev–Trinajstić information content (AvgIpc) is 3.39. The number of hydrogen-bond donors (Lipinski definition) is 2. The van der Waals surface area contributed by atoms with Crippen LogP contribution in [0, 0.1) is 5.82 Å². The first-order valence-electron chi connectivity index (χ1n) is 11.1. The van der Waals surface area contributed by atoms with Gasteiger partial charge in [0.1, 0.15) is 23.4 Å². The summed E-state index contributed by atoms with van der Waals surface area (Å²) in [6.07, 6.45) is -0.998. The molecule has 33 heavy (non-hydrogen) atoms. The van der Waals surface area contributed by atoms with Gasteiger partial charge in [-0.1, -0.05) is 0 Å². The van der Waals surface area contributed by atoms with E-state index in [2.05, 4.69) is 15.5 Å². The van der Waals surface area contributed by atoms with Crippen LogP contribution in [0.5, 0.6) is 0 Å². The summed E-state index contributed by atoms with van der Waals surface area (Å²) < 4.78 is 26.1. The number of ether oxygens (including phenoxy) is 1. The molecule has 2 N–H and O–H groups in total. The van der Waals surface area contributed by atoms with Gasteiger partial charge in [-0.15, -0.1) is 0 Å². The molecule has 1 atom stereocenters. The Labute approximate surface area is 192 Å². The second-order valence-corrected chi connectivity index (χ2v) is 8.35. The summed E-state index contributed by atoms with van der Waals surface area (Å²) in [5.41, 5.74) is 0.968. The number of carbonyl (C=O) groups excluding carboxylic acids is 2. The van der Waals surface area contributed by atoms with Crippen LogP contribution in [0.3, 0.4) is 0 Å². The van der Waals surface area contributed by atoms with Gasteiger partial charge >= 0.3 is 6.09 Å². The van der Waals surface area contributed by atoms with Crippen molar-refractivity contribution in [3.05, 3.63) is 47.7 Å². The normalized spacial score (nSPS) is 19.1. The Bertz CT molecular complexity index is 989. The monoisotopic (exact) mass is 459 g/mol. The molecule has 1 aromatic heterocycles. The molecule has 0 radical (unpaired) electrons. The number of carbonyl (C=O) groups is 2. The summed E-state index contributed by atoms with van der Waals surface area (Å²) >= 11 is 0. The second-order valence-electron chi connectivity index (χ2n) is 8.35. The molecule has 3 heterocycles. The van der Waals surface area contributed by atoms with Crippen molar-refractivity contribution in [1.82, 2.24) is 15.5 Å². The first kappa shape index (κ1) is 23.1. The van der Waals surface area contributed by atoms with E-state index in [-0.39, 0.29) is 24.8 Å². The number of cyclic esters (lactones) is 1. The van der Waals surface area contributed by atoms with Crippen molar-refractivity contribution >= 4 is 23.4 Å². The number of halogens is 1. The average molecular weight is 460 g/mol. The molecule has 0 unspecified atom stereocenters. The van der Waals surface area contributed by atoms with Crippen LogP contribution in [-0.4, -0.2) is 69.3 Å². The number of nitrogens with zero attached hydrogens (tertiary/aromatic N) is 3. The van der Waals surface area contributed by atoms with E-state index < -0.39 is 12.2 Å². The van der Waals surface area contributed by atoms with Crippen LogP contribution in [0.2, 0.25) is 0 Å². The molecule has 2 aromatic rings. The molecule has 1 aromatic carbocycles. The highest BCUT2D eigenvalue weighted by Gasteiger charge is 2.33. The maximum Gasteiger partial charge on any atom is 0.414 e. The van der Waals surface area contributed by atoms with Crippen LogP contribution in [0.1, 0.15) is 18.4 Å². The maximum atomic E-state index is 15.0. The number of piperazine rings is 1. The lowest BCUT2D eigenvalue weighted by atomic mass is 10.2. The van der Waals surface area contributed by atoms with E-state index >= 15 is 0 Å². The number of amides is 2. The maximum absolute atomic E-state index is 15.0. The highest BCUT2D eigenvalue weighted by molar-refractivity contribution is 5.90. The second kappa shape index (κ2) is 10.2. The zero-order chi connectivity index (χ0) is 23.4. The van der Waals surface area contributed by atoms with E-state index in [1.54, 1.807) is 12.1 Å². The van der Waals surface area contributed by atoms with E-state index in [1.807, 2.05) is 24.1 Å². The van der Waals surface area contributed by atoms with Gasteiger partial charge in [-0.25, -0.2) is 9.18 Å². The number of nitrogens with one attached hydrogen (secondary N) is 2.